The van der Waals surface area contributed by atoms with Crippen molar-refractivity contribution in [3.63, 3.8) is 0 Å². The Bertz CT molecular complexity index is 329. The normalized spacial score (nSPS) is 16.6. The molecule has 0 aliphatic carbocycles. The first-order valence-electron chi connectivity index (χ1n) is 6.40. The zero-order valence-corrected chi connectivity index (χ0v) is 11.0. The molecule has 0 radical (unpaired) electrons. The van der Waals surface area contributed by atoms with Gasteiger partial charge in [-0.2, -0.15) is 11.3 Å². The summed E-state index contributed by atoms with van der Waals surface area (Å²) >= 11 is 1.71. The highest BCUT2D eigenvalue weighted by atomic mass is 32.1. The van der Waals surface area contributed by atoms with Crippen LogP contribution >= 0.6 is 11.3 Å². The second-order valence-electron chi connectivity index (χ2n) is 4.51. The van der Waals surface area contributed by atoms with Crippen molar-refractivity contribution in [2.24, 2.45) is 0 Å². The molecule has 0 unspecified atom stereocenters. The fourth-order valence-corrected chi connectivity index (χ4v) is 2.84. The van der Waals surface area contributed by atoms with Crippen molar-refractivity contribution in [1.29, 1.82) is 0 Å². The summed E-state index contributed by atoms with van der Waals surface area (Å²) in [6, 6.07) is 2.23. The van der Waals surface area contributed by atoms with Gasteiger partial charge in [0.1, 0.15) is 0 Å². The van der Waals surface area contributed by atoms with Crippen LogP contribution in [0.15, 0.2) is 16.8 Å². The number of nitrogens with zero attached hydrogens (tertiary/aromatic N) is 1. The van der Waals surface area contributed by atoms with Crippen molar-refractivity contribution >= 4 is 17.4 Å². The molecule has 0 aromatic carbocycles. The van der Waals surface area contributed by atoms with Gasteiger partial charge in [0.2, 0.25) is 0 Å². The van der Waals surface area contributed by atoms with Crippen LogP contribution in [0.25, 0.3) is 0 Å². The van der Waals surface area contributed by atoms with E-state index in [1.807, 2.05) is 4.90 Å². The average Bonchev–Trinajstić information content (AvgIpc) is 2.69. The Morgan fingerprint density at radius 3 is 2.71 bits per heavy atom. The Balaban J connectivity index is 1.69. The van der Waals surface area contributed by atoms with Gasteiger partial charge in [-0.15, -0.1) is 0 Å². The highest BCUT2D eigenvalue weighted by Gasteiger charge is 2.14. The number of amides is 2. The summed E-state index contributed by atoms with van der Waals surface area (Å²) in [5, 5.41) is 7.22. The van der Waals surface area contributed by atoms with E-state index in [1.165, 1.54) is 18.4 Å². The zero-order chi connectivity index (χ0) is 11.9. The predicted octanol–water partition coefficient (Wildman–Crippen LogP) is 2.88. The number of nitrogens with one attached hydrogen (secondary N) is 1. The quantitative estimate of drug-likeness (QED) is 0.881. The first kappa shape index (κ1) is 12.4. The molecule has 94 valence electrons. The lowest BCUT2D eigenvalue weighted by Crippen LogP contribution is -2.41. The Morgan fingerprint density at radius 1 is 1.29 bits per heavy atom. The first-order valence-corrected chi connectivity index (χ1v) is 7.34. The van der Waals surface area contributed by atoms with E-state index in [9.17, 15) is 4.79 Å². The molecule has 1 aliphatic heterocycles. The van der Waals surface area contributed by atoms with Crippen molar-refractivity contribution in [2.45, 2.75) is 32.1 Å². The van der Waals surface area contributed by atoms with Crippen LogP contribution in [0.5, 0.6) is 0 Å². The molecule has 2 rings (SSSR count). The Morgan fingerprint density at radius 2 is 2.06 bits per heavy atom. The Hall–Kier alpha value is -1.03. The van der Waals surface area contributed by atoms with Crippen LogP contribution in [0.2, 0.25) is 0 Å². The molecule has 1 aromatic rings. The van der Waals surface area contributed by atoms with Gasteiger partial charge in [0, 0.05) is 19.6 Å². The minimum atomic E-state index is 0.113. The van der Waals surface area contributed by atoms with E-state index in [-0.39, 0.29) is 6.03 Å². The fourth-order valence-electron chi connectivity index (χ4n) is 2.13. The summed E-state index contributed by atoms with van der Waals surface area (Å²) in [5.41, 5.74) is 1.31. The van der Waals surface area contributed by atoms with Gasteiger partial charge in [0.25, 0.3) is 0 Å². The predicted molar refractivity (Wildman–Crippen MR) is 71.5 cm³/mol. The number of thiophene rings is 1. The van der Waals surface area contributed by atoms with E-state index in [4.69, 9.17) is 0 Å². The van der Waals surface area contributed by atoms with E-state index >= 15 is 0 Å². The molecule has 0 atom stereocenters. The van der Waals surface area contributed by atoms with Crippen molar-refractivity contribution in [2.75, 3.05) is 19.6 Å². The molecule has 1 aromatic heterocycles. The maximum absolute atomic E-state index is 11.9. The van der Waals surface area contributed by atoms with Gasteiger partial charge in [-0.1, -0.05) is 12.8 Å². The van der Waals surface area contributed by atoms with Gasteiger partial charge >= 0.3 is 6.03 Å². The summed E-state index contributed by atoms with van der Waals surface area (Å²) in [5.74, 6) is 0. The first-order chi connectivity index (χ1) is 8.36. The lowest BCUT2D eigenvalue weighted by molar-refractivity contribution is 0.200. The van der Waals surface area contributed by atoms with Gasteiger partial charge in [0.15, 0.2) is 0 Å². The van der Waals surface area contributed by atoms with Crippen LogP contribution in [0.3, 0.4) is 0 Å². The minimum absolute atomic E-state index is 0.113. The van der Waals surface area contributed by atoms with Crippen molar-refractivity contribution in [3.05, 3.63) is 22.4 Å². The van der Waals surface area contributed by atoms with E-state index < -0.39 is 0 Å². The van der Waals surface area contributed by atoms with E-state index in [2.05, 4.69) is 22.1 Å². The van der Waals surface area contributed by atoms with Crippen molar-refractivity contribution < 1.29 is 4.79 Å². The van der Waals surface area contributed by atoms with E-state index in [0.29, 0.717) is 0 Å². The third kappa shape index (κ3) is 4.04. The fraction of sp³-hybridized carbons (Fsp3) is 0.615. The zero-order valence-electron chi connectivity index (χ0n) is 10.2. The summed E-state index contributed by atoms with van der Waals surface area (Å²) < 4.78 is 0. The topological polar surface area (TPSA) is 32.3 Å². The van der Waals surface area contributed by atoms with Crippen LogP contribution in [-0.4, -0.2) is 30.6 Å². The van der Waals surface area contributed by atoms with Crippen LogP contribution in [0.4, 0.5) is 4.79 Å². The molecule has 1 aliphatic rings. The van der Waals surface area contributed by atoms with Crippen LogP contribution < -0.4 is 5.32 Å². The van der Waals surface area contributed by atoms with Gasteiger partial charge in [-0.25, -0.2) is 4.79 Å². The number of hydrogen-bond donors (Lipinski definition) is 1. The monoisotopic (exact) mass is 252 g/mol. The highest BCUT2D eigenvalue weighted by Crippen LogP contribution is 2.09. The second-order valence-corrected chi connectivity index (χ2v) is 5.29. The molecule has 1 N–H and O–H groups in total. The summed E-state index contributed by atoms with van der Waals surface area (Å²) in [4.78, 5) is 13.9. The standard InChI is InChI=1S/C13H20N2OS/c16-13(15-8-3-1-2-4-9-15)14-7-5-12-6-10-17-11-12/h6,10-11H,1-5,7-9H2,(H,14,16). The number of rotatable bonds is 3. The van der Waals surface area contributed by atoms with Gasteiger partial charge in [-0.05, 0) is 41.7 Å². The Kier molecular flexibility index (Phi) is 4.86. The molecular formula is C13H20N2OS. The lowest BCUT2D eigenvalue weighted by Gasteiger charge is -2.20. The largest absolute Gasteiger partial charge is 0.338 e. The maximum Gasteiger partial charge on any atom is 0.317 e. The average molecular weight is 252 g/mol. The lowest BCUT2D eigenvalue weighted by atomic mass is 10.2. The third-order valence-corrected chi connectivity index (χ3v) is 3.90. The molecule has 3 nitrogen and oxygen atoms in total. The van der Waals surface area contributed by atoms with Crippen LogP contribution in [-0.2, 0) is 6.42 Å². The number of hydrogen-bond acceptors (Lipinski definition) is 2. The second kappa shape index (κ2) is 6.64. The maximum atomic E-state index is 11.9. The van der Waals surface area contributed by atoms with E-state index in [0.717, 1.165) is 38.9 Å². The highest BCUT2D eigenvalue weighted by molar-refractivity contribution is 7.07. The van der Waals surface area contributed by atoms with Crippen LogP contribution in [0, 0.1) is 0 Å². The molecule has 2 amide bonds. The summed E-state index contributed by atoms with van der Waals surface area (Å²) in [6.07, 6.45) is 5.76. The number of likely N-dealkylation sites (tertiary alicyclic amines) is 1. The molecule has 1 fully saturated rings. The smallest absolute Gasteiger partial charge is 0.317 e. The van der Waals surface area contributed by atoms with Crippen LogP contribution in [0.1, 0.15) is 31.2 Å². The minimum Gasteiger partial charge on any atom is -0.338 e. The molecule has 0 saturated carbocycles. The number of carbonyl (C=O) groups is 1. The van der Waals surface area contributed by atoms with Gasteiger partial charge < -0.3 is 10.2 Å². The van der Waals surface area contributed by atoms with Crippen molar-refractivity contribution in [3.8, 4) is 0 Å². The molecule has 17 heavy (non-hydrogen) atoms. The molecule has 0 spiro atoms. The van der Waals surface area contributed by atoms with E-state index in [1.54, 1.807) is 11.3 Å². The molecule has 1 saturated heterocycles. The molecule has 0 bridgehead atoms. The van der Waals surface area contributed by atoms with Gasteiger partial charge in [-0.3, -0.25) is 0 Å². The third-order valence-electron chi connectivity index (χ3n) is 3.16. The Labute approximate surface area is 107 Å². The SMILES string of the molecule is O=C(NCCc1ccsc1)N1CCCCCC1. The number of carbonyl (C=O) groups excluding carboxylic acids is 1. The van der Waals surface area contributed by atoms with Crippen molar-refractivity contribution in [1.82, 2.24) is 10.2 Å². The molecule has 2 heterocycles. The van der Waals surface area contributed by atoms with Gasteiger partial charge in [0.05, 0.1) is 0 Å². The summed E-state index contributed by atoms with van der Waals surface area (Å²) in [6.45, 7) is 2.58. The molecular weight excluding hydrogens is 232 g/mol. The number of urea groups is 1. The molecule has 4 heteroatoms. The summed E-state index contributed by atoms with van der Waals surface area (Å²) in [7, 11) is 0.